The van der Waals surface area contributed by atoms with E-state index < -0.39 is 24.1 Å². The monoisotopic (exact) mass is 391 g/mol. The van der Waals surface area contributed by atoms with Crippen LogP contribution in [0.1, 0.15) is 10.4 Å². The largest absolute Gasteiger partial charge is 0.475 e. The predicted octanol–water partition coefficient (Wildman–Crippen LogP) is 4.07. The number of carbonyl (C=O) groups excluding carboxylic acids is 2. The average Bonchev–Trinajstić information content (AvgIpc) is 2.77. The quantitative estimate of drug-likeness (QED) is 0.249. The molecule has 0 aliphatic heterocycles. The molecule has 0 saturated carbocycles. The van der Waals surface area contributed by atoms with E-state index in [4.69, 9.17) is 9.47 Å². The summed E-state index contributed by atoms with van der Waals surface area (Å²) in [5.41, 5.74) is 2.16. The highest BCUT2D eigenvalue weighted by atomic mass is 16.6. The number of nitro groups is 1. The summed E-state index contributed by atoms with van der Waals surface area (Å²) >= 11 is 0. The van der Waals surface area contributed by atoms with Gasteiger partial charge >= 0.3 is 11.7 Å². The molecule has 0 fully saturated rings. The number of ketones is 1. The normalized spacial score (nSPS) is 10.2. The molecule has 29 heavy (non-hydrogen) atoms. The molecule has 3 aromatic rings. The third-order valence-electron chi connectivity index (χ3n) is 4.09. The zero-order valence-corrected chi connectivity index (χ0v) is 15.3. The fourth-order valence-corrected chi connectivity index (χ4v) is 2.62. The van der Waals surface area contributed by atoms with Crippen LogP contribution in [-0.4, -0.2) is 29.9 Å². The summed E-state index contributed by atoms with van der Waals surface area (Å²) in [5, 5.41) is 10.9. The molecule has 0 saturated heterocycles. The van der Waals surface area contributed by atoms with Crippen molar-refractivity contribution >= 4 is 17.4 Å². The van der Waals surface area contributed by atoms with E-state index in [-0.39, 0.29) is 17.2 Å². The number of nitro benzene ring substituents is 1. The summed E-state index contributed by atoms with van der Waals surface area (Å²) in [6.07, 6.45) is 0. The van der Waals surface area contributed by atoms with Gasteiger partial charge in [0, 0.05) is 11.6 Å². The standard InChI is InChI=1S/C22H17NO6/c24-20(18-12-10-17(11-13-18)16-6-2-1-3-7-16)14-29-22(25)15-28-21-9-5-4-8-19(21)23(26)27/h1-13H,14-15H2. The Kier molecular flexibility index (Phi) is 6.32. The van der Waals surface area contributed by atoms with E-state index >= 15 is 0 Å². The maximum Gasteiger partial charge on any atom is 0.344 e. The SMILES string of the molecule is O=C(COc1ccccc1[N+](=O)[O-])OCC(=O)c1ccc(-c2ccccc2)cc1. The Morgan fingerprint density at radius 3 is 2.10 bits per heavy atom. The van der Waals surface area contributed by atoms with Crippen LogP contribution in [0.25, 0.3) is 11.1 Å². The van der Waals surface area contributed by atoms with Gasteiger partial charge in [-0.25, -0.2) is 4.79 Å². The molecule has 0 N–H and O–H groups in total. The molecule has 3 rings (SSSR count). The minimum Gasteiger partial charge on any atom is -0.475 e. The second-order valence-electron chi connectivity index (χ2n) is 6.04. The molecule has 3 aromatic carbocycles. The van der Waals surface area contributed by atoms with E-state index in [0.717, 1.165) is 11.1 Å². The van der Waals surface area contributed by atoms with Gasteiger partial charge in [0.05, 0.1) is 4.92 Å². The van der Waals surface area contributed by atoms with Gasteiger partial charge in [-0.15, -0.1) is 0 Å². The van der Waals surface area contributed by atoms with Crippen molar-refractivity contribution < 1.29 is 24.0 Å². The van der Waals surface area contributed by atoms with Crippen LogP contribution in [-0.2, 0) is 9.53 Å². The van der Waals surface area contributed by atoms with E-state index in [9.17, 15) is 19.7 Å². The fraction of sp³-hybridized carbons (Fsp3) is 0.0909. The molecule has 0 atom stereocenters. The number of esters is 1. The Morgan fingerprint density at radius 2 is 1.41 bits per heavy atom. The van der Waals surface area contributed by atoms with Gasteiger partial charge in [-0.3, -0.25) is 14.9 Å². The van der Waals surface area contributed by atoms with Crippen molar-refractivity contribution in [2.45, 2.75) is 0 Å². The molecule has 0 amide bonds. The molecule has 146 valence electrons. The summed E-state index contributed by atoms with van der Waals surface area (Å²) in [6, 6.07) is 22.4. The maximum atomic E-state index is 12.2. The lowest BCUT2D eigenvalue weighted by molar-refractivity contribution is -0.385. The molecule has 7 heteroatoms. The number of Topliss-reactive ketones (excluding diaryl/α,β-unsaturated/α-hetero) is 1. The molecule has 0 aliphatic rings. The third kappa shape index (κ3) is 5.26. The molecule has 0 aromatic heterocycles. The lowest BCUT2D eigenvalue weighted by Gasteiger charge is -2.07. The molecule has 0 unspecified atom stereocenters. The lowest BCUT2D eigenvalue weighted by Crippen LogP contribution is -2.19. The molecular formula is C22H17NO6. The molecule has 0 heterocycles. The summed E-state index contributed by atoms with van der Waals surface area (Å²) < 4.78 is 10.0. The molecule has 0 bridgehead atoms. The first-order valence-corrected chi connectivity index (χ1v) is 8.75. The highest BCUT2D eigenvalue weighted by molar-refractivity contribution is 5.98. The lowest BCUT2D eigenvalue weighted by atomic mass is 10.0. The zero-order valence-electron chi connectivity index (χ0n) is 15.3. The van der Waals surface area contributed by atoms with Gasteiger partial charge < -0.3 is 9.47 Å². The van der Waals surface area contributed by atoms with Crippen LogP contribution in [0, 0.1) is 10.1 Å². The van der Waals surface area contributed by atoms with Crippen LogP contribution in [0.5, 0.6) is 5.75 Å². The minimum absolute atomic E-state index is 0.0442. The van der Waals surface area contributed by atoms with Crippen LogP contribution < -0.4 is 4.74 Å². The smallest absolute Gasteiger partial charge is 0.344 e. The van der Waals surface area contributed by atoms with Crippen molar-refractivity contribution in [1.29, 1.82) is 0 Å². The number of hydrogen-bond acceptors (Lipinski definition) is 6. The van der Waals surface area contributed by atoms with Gasteiger partial charge in [-0.1, -0.05) is 66.7 Å². The molecule has 0 aliphatic carbocycles. The highest BCUT2D eigenvalue weighted by Crippen LogP contribution is 2.25. The third-order valence-corrected chi connectivity index (χ3v) is 4.09. The van der Waals surface area contributed by atoms with E-state index in [1.54, 1.807) is 18.2 Å². The first kappa shape index (κ1) is 19.8. The van der Waals surface area contributed by atoms with Gasteiger partial charge in [-0.2, -0.15) is 0 Å². The number of para-hydroxylation sites is 2. The van der Waals surface area contributed by atoms with Gasteiger partial charge in [0.25, 0.3) is 0 Å². The van der Waals surface area contributed by atoms with Gasteiger partial charge in [-0.05, 0) is 17.2 Å². The van der Waals surface area contributed by atoms with Crippen LogP contribution in [0.4, 0.5) is 5.69 Å². The van der Waals surface area contributed by atoms with E-state index in [1.165, 1.54) is 18.2 Å². The van der Waals surface area contributed by atoms with Crippen molar-refractivity contribution in [1.82, 2.24) is 0 Å². The second kappa shape index (κ2) is 9.27. The van der Waals surface area contributed by atoms with Crippen LogP contribution >= 0.6 is 0 Å². The Labute approximate surface area is 166 Å². The minimum atomic E-state index is -0.794. The van der Waals surface area contributed by atoms with Crippen molar-refractivity contribution in [3.05, 3.63) is 94.5 Å². The molecule has 7 nitrogen and oxygen atoms in total. The van der Waals surface area contributed by atoms with Crippen molar-refractivity contribution in [2.75, 3.05) is 13.2 Å². The fourth-order valence-electron chi connectivity index (χ4n) is 2.62. The molecule has 0 spiro atoms. The number of nitrogens with zero attached hydrogens (tertiary/aromatic N) is 1. The number of benzene rings is 3. The summed E-state index contributed by atoms with van der Waals surface area (Å²) in [6.45, 7) is -0.977. The van der Waals surface area contributed by atoms with Crippen molar-refractivity contribution in [3.8, 4) is 16.9 Å². The first-order chi connectivity index (χ1) is 14.0. The average molecular weight is 391 g/mol. The highest BCUT2D eigenvalue weighted by Gasteiger charge is 2.16. The molecular weight excluding hydrogens is 374 g/mol. The van der Waals surface area contributed by atoms with Gasteiger partial charge in [0.1, 0.15) is 0 Å². The number of rotatable bonds is 8. The summed E-state index contributed by atoms with van der Waals surface area (Å²) in [5.74, 6) is -1.20. The van der Waals surface area contributed by atoms with E-state index in [2.05, 4.69) is 0 Å². The Balaban J connectivity index is 1.51. The maximum absolute atomic E-state index is 12.2. The van der Waals surface area contributed by atoms with E-state index in [1.807, 2.05) is 42.5 Å². The second-order valence-corrected chi connectivity index (χ2v) is 6.04. The number of hydrogen-bond donors (Lipinski definition) is 0. The Hall–Kier alpha value is -4.00. The van der Waals surface area contributed by atoms with Crippen molar-refractivity contribution in [2.24, 2.45) is 0 Å². The van der Waals surface area contributed by atoms with E-state index in [0.29, 0.717) is 5.56 Å². The van der Waals surface area contributed by atoms with Gasteiger partial charge in [0.15, 0.2) is 24.7 Å². The zero-order chi connectivity index (χ0) is 20.6. The van der Waals surface area contributed by atoms with Crippen molar-refractivity contribution in [3.63, 3.8) is 0 Å². The number of carbonyl (C=O) groups is 2. The number of ether oxygens (including phenoxy) is 2. The first-order valence-electron chi connectivity index (χ1n) is 8.75. The summed E-state index contributed by atoms with van der Waals surface area (Å²) in [7, 11) is 0. The topological polar surface area (TPSA) is 95.7 Å². The Morgan fingerprint density at radius 1 is 0.793 bits per heavy atom. The Bertz CT molecular complexity index is 1010. The van der Waals surface area contributed by atoms with Crippen LogP contribution in [0.15, 0.2) is 78.9 Å². The van der Waals surface area contributed by atoms with Crippen LogP contribution in [0.3, 0.4) is 0 Å². The predicted molar refractivity (Wildman–Crippen MR) is 106 cm³/mol. The van der Waals surface area contributed by atoms with Crippen LogP contribution in [0.2, 0.25) is 0 Å². The molecule has 0 radical (unpaired) electrons. The van der Waals surface area contributed by atoms with Gasteiger partial charge in [0.2, 0.25) is 0 Å². The summed E-state index contributed by atoms with van der Waals surface area (Å²) in [4.78, 5) is 34.3.